The van der Waals surface area contributed by atoms with Gasteiger partial charge in [-0.2, -0.15) is 0 Å². The van der Waals surface area contributed by atoms with Gasteiger partial charge in [-0.1, -0.05) is 91.7 Å². The van der Waals surface area contributed by atoms with Gasteiger partial charge in [0.15, 0.2) is 0 Å². The number of H-pyrrole nitrogens is 1. The number of amides is 5. The first-order chi connectivity index (χ1) is 27.7. The SMILES string of the molecule is C[C@H](OCc1ccccc1)[C@@H]1NC(=O)[C@H](CCCCN)NC(=O)[C@@H](Cc2c[nH]c3ccccc23)NC(=O)[C@@H](Cc2ccccc2)NC(=O)CCCCCCNC1=O. The second kappa shape index (κ2) is 22.3. The third kappa shape index (κ3) is 13.3. The van der Waals surface area contributed by atoms with Gasteiger partial charge >= 0.3 is 0 Å². The maximum atomic E-state index is 14.4. The summed E-state index contributed by atoms with van der Waals surface area (Å²) in [5.74, 6) is -2.34. The predicted octanol–water partition coefficient (Wildman–Crippen LogP) is 3.71. The highest BCUT2D eigenvalue weighted by atomic mass is 16.5. The van der Waals surface area contributed by atoms with Crippen molar-refractivity contribution >= 4 is 40.4 Å². The zero-order chi connectivity index (χ0) is 40.4. The molecule has 57 heavy (non-hydrogen) atoms. The van der Waals surface area contributed by atoms with Crippen LogP contribution in [0.3, 0.4) is 0 Å². The minimum Gasteiger partial charge on any atom is -0.371 e. The smallest absolute Gasteiger partial charge is 0.245 e. The van der Waals surface area contributed by atoms with Crippen molar-refractivity contribution in [2.75, 3.05) is 13.1 Å². The van der Waals surface area contributed by atoms with Crippen LogP contribution in [0.4, 0.5) is 0 Å². The quantitative estimate of drug-likeness (QED) is 0.107. The fraction of sp³-hybridized carbons (Fsp3) is 0.432. The summed E-state index contributed by atoms with van der Waals surface area (Å²) in [5, 5.41) is 15.5. The van der Waals surface area contributed by atoms with Crippen LogP contribution in [0.2, 0.25) is 0 Å². The summed E-state index contributed by atoms with van der Waals surface area (Å²) >= 11 is 0. The molecular weight excluding hydrogens is 723 g/mol. The molecule has 5 rings (SSSR count). The van der Waals surface area contributed by atoms with Crippen molar-refractivity contribution < 1.29 is 28.7 Å². The summed E-state index contributed by atoms with van der Waals surface area (Å²) in [6.45, 7) is 2.73. The molecule has 1 fully saturated rings. The number of hydrogen-bond donors (Lipinski definition) is 7. The first-order valence-corrected chi connectivity index (χ1v) is 20.1. The van der Waals surface area contributed by atoms with Crippen LogP contribution >= 0.6 is 0 Å². The van der Waals surface area contributed by atoms with Gasteiger partial charge in [0.25, 0.3) is 0 Å². The molecule has 1 aliphatic heterocycles. The van der Waals surface area contributed by atoms with Gasteiger partial charge in [0.05, 0.1) is 12.7 Å². The van der Waals surface area contributed by atoms with E-state index < -0.39 is 53.9 Å². The predicted molar refractivity (Wildman–Crippen MR) is 220 cm³/mol. The number of aromatic amines is 1. The van der Waals surface area contributed by atoms with Gasteiger partial charge < -0.3 is 42.0 Å². The Morgan fingerprint density at radius 3 is 2.04 bits per heavy atom. The molecule has 3 aromatic carbocycles. The van der Waals surface area contributed by atoms with Crippen LogP contribution in [0.15, 0.2) is 91.1 Å². The Balaban J connectivity index is 1.45. The number of nitrogens with one attached hydrogen (secondary N) is 6. The molecule has 0 aliphatic carbocycles. The summed E-state index contributed by atoms with van der Waals surface area (Å²) in [6, 6.07) is 22.4. The zero-order valence-electron chi connectivity index (χ0n) is 32.8. The Hall–Kier alpha value is -5.53. The number of fused-ring (bicyclic) bond motifs is 1. The minimum atomic E-state index is -1.13. The van der Waals surface area contributed by atoms with Crippen LogP contribution in [-0.2, 0) is 48.2 Å². The molecule has 0 spiro atoms. The van der Waals surface area contributed by atoms with Crippen molar-refractivity contribution in [3.63, 3.8) is 0 Å². The number of para-hydroxylation sites is 1. The average Bonchev–Trinajstić information content (AvgIpc) is 3.63. The van der Waals surface area contributed by atoms with Crippen LogP contribution in [0.25, 0.3) is 10.9 Å². The van der Waals surface area contributed by atoms with Crippen LogP contribution in [-0.4, -0.2) is 77.9 Å². The molecule has 1 aromatic heterocycles. The van der Waals surface area contributed by atoms with E-state index in [1.807, 2.05) is 84.9 Å². The lowest BCUT2D eigenvalue weighted by atomic mass is 10.0. The maximum Gasteiger partial charge on any atom is 0.245 e. The second-order valence-corrected chi connectivity index (χ2v) is 14.7. The number of unbranched alkanes of at least 4 members (excludes halogenated alkanes) is 1. The van der Waals surface area contributed by atoms with Gasteiger partial charge in [-0.15, -0.1) is 0 Å². The van der Waals surface area contributed by atoms with E-state index in [-0.39, 0.29) is 38.2 Å². The van der Waals surface area contributed by atoms with Crippen molar-refractivity contribution in [1.29, 1.82) is 0 Å². The van der Waals surface area contributed by atoms with Crippen LogP contribution in [0.5, 0.6) is 0 Å². The van der Waals surface area contributed by atoms with Crippen molar-refractivity contribution in [1.82, 2.24) is 31.6 Å². The Kier molecular flexibility index (Phi) is 16.6. The van der Waals surface area contributed by atoms with Gasteiger partial charge in [-0.25, -0.2) is 0 Å². The molecule has 13 nitrogen and oxygen atoms in total. The summed E-state index contributed by atoms with van der Waals surface area (Å²) < 4.78 is 6.12. The lowest BCUT2D eigenvalue weighted by Gasteiger charge is -2.29. The molecule has 1 aliphatic rings. The zero-order valence-corrected chi connectivity index (χ0v) is 32.8. The molecule has 1 saturated heterocycles. The normalized spacial score (nSPS) is 21.4. The number of ether oxygens (including phenoxy) is 1. The molecule has 8 N–H and O–H groups in total. The molecule has 0 bridgehead atoms. The van der Waals surface area contributed by atoms with Crippen molar-refractivity contribution in [3.05, 3.63) is 108 Å². The largest absolute Gasteiger partial charge is 0.371 e. The van der Waals surface area contributed by atoms with E-state index in [4.69, 9.17) is 10.5 Å². The Bertz CT molecular complexity index is 1900. The maximum absolute atomic E-state index is 14.4. The fourth-order valence-corrected chi connectivity index (χ4v) is 7.00. The van der Waals surface area contributed by atoms with E-state index in [2.05, 4.69) is 31.6 Å². The van der Waals surface area contributed by atoms with Crippen molar-refractivity contribution in [2.24, 2.45) is 5.73 Å². The Morgan fingerprint density at radius 2 is 1.30 bits per heavy atom. The molecule has 4 aromatic rings. The Labute approximate surface area is 334 Å². The van der Waals surface area contributed by atoms with Crippen molar-refractivity contribution in [3.8, 4) is 0 Å². The van der Waals surface area contributed by atoms with E-state index in [0.29, 0.717) is 38.8 Å². The summed E-state index contributed by atoms with van der Waals surface area (Å²) in [4.78, 5) is 73.0. The first-order valence-electron chi connectivity index (χ1n) is 20.1. The van der Waals surface area contributed by atoms with Gasteiger partial charge in [-0.3, -0.25) is 24.0 Å². The van der Waals surface area contributed by atoms with Gasteiger partial charge in [0.1, 0.15) is 24.2 Å². The third-order valence-corrected chi connectivity index (χ3v) is 10.3. The van der Waals surface area contributed by atoms with Crippen LogP contribution < -0.4 is 32.3 Å². The minimum absolute atomic E-state index is 0.0973. The summed E-state index contributed by atoms with van der Waals surface area (Å²) in [5.41, 5.74) is 9.23. The molecule has 13 heteroatoms. The highest BCUT2D eigenvalue weighted by Crippen LogP contribution is 2.20. The van der Waals surface area contributed by atoms with Gasteiger partial charge in [0.2, 0.25) is 29.5 Å². The number of aromatic nitrogens is 1. The number of rotatable bonds is 12. The van der Waals surface area contributed by atoms with E-state index in [0.717, 1.165) is 40.4 Å². The molecule has 304 valence electrons. The molecule has 5 atom stereocenters. The number of carbonyl (C=O) groups is 5. The lowest BCUT2D eigenvalue weighted by Crippen LogP contribution is -2.60. The van der Waals surface area contributed by atoms with Crippen molar-refractivity contribution in [2.45, 2.75) is 108 Å². The van der Waals surface area contributed by atoms with E-state index in [1.54, 1.807) is 13.1 Å². The number of nitrogens with two attached hydrogens (primary N) is 1. The third-order valence-electron chi connectivity index (χ3n) is 10.3. The molecule has 5 amide bonds. The second-order valence-electron chi connectivity index (χ2n) is 14.7. The monoisotopic (exact) mass is 779 g/mol. The Morgan fingerprint density at radius 1 is 0.667 bits per heavy atom. The first kappa shape index (κ1) is 42.6. The van der Waals surface area contributed by atoms with Gasteiger partial charge in [0, 0.05) is 42.9 Å². The van der Waals surface area contributed by atoms with E-state index in [9.17, 15) is 24.0 Å². The van der Waals surface area contributed by atoms with E-state index in [1.165, 1.54) is 0 Å². The molecule has 0 saturated carbocycles. The molecular formula is C44H57N7O6. The number of hydrogen-bond acceptors (Lipinski definition) is 7. The van der Waals surface area contributed by atoms with Crippen LogP contribution in [0.1, 0.15) is 75.0 Å². The topological polar surface area (TPSA) is 197 Å². The lowest BCUT2D eigenvalue weighted by molar-refractivity contribution is -0.136. The number of carbonyl (C=O) groups excluding carboxylic acids is 5. The summed E-state index contributed by atoms with van der Waals surface area (Å²) in [6.07, 6.45) is 5.76. The number of benzene rings is 3. The highest BCUT2D eigenvalue weighted by molar-refractivity contribution is 5.96. The average molecular weight is 780 g/mol. The molecule has 2 heterocycles. The summed E-state index contributed by atoms with van der Waals surface area (Å²) in [7, 11) is 0. The fourth-order valence-electron chi connectivity index (χ4n) is 7.00. The standard InChI is InChI=1S/C44H57N7O6/c1-30(57-29-32-18-8-5-9-19-32)40-44(56)46-25-15-3-2-10-23-39(52)48-37(26-31-16-6-4-7-17-31)42(54)50-38(27-33-28-47-35-21-12-11-20-34(33)35)43(55)49-36(41(53)51-40)22-13-14-24-45/h4-9,11-12,16-21,28,30,36-38,40,47H,2-3,10,13-15,22-27,29,45H2,1H3,(H,46,56)(H,48,52)(H,49,55)(H,50,54)(H,51,53)/t30-,36-,37+,38+,40-/m0/s1. The highest BCUT2D eigenvalue weighted by Gasteiger charge is 2.34. The van der Waals surface area contributed by atoms with E-state index >= 15 is 0 Å². The van der Waals surface area contributed by atoms with Gasteiger partial charge in [-0.05, 0) is 68.3 Å². The molecule has 0 radical (unpaired) electrons. The molecule has 0 unspecified atom stereocenters. The van der Waals surface area contributed by atoms with Crippen LogP contribution in [0, 0.1) is 0 Å².